The number of nitrogens with one attached hydrogen (secondary N) is 2. The Morgan fingerprint density at radius 2 is 1.78 bits per heavy atom. The molecule has 2 aromatic carbocycles. The Hall–Kier alpha value is -2.30. The van der Waals surface area contributed by atoms with Crippen LogP contribution < -0.4 is 14.8 Å². The number of benzene rings is 2. The zero-order valence-corrected chi connectivity index (χ0v) is 18.7. The Morgan fingerprint density at radius 1 is 1.09 bits per heavy atom. The lowest BCUT2D eigenvalue weighted by molar-refractivity contribution is -0.137. The van der Waals surface area contributed by atoms with E-state index in [2.05, 4.69) is 10.0 Å². The largest absolute Gasteiger partial charge is 0.495 e. The highest BCUT2D eigenvalue weighted by atomic mass is 35.5. The molecule has 174 valence electrons. The van der Waals surface area contributed by atoms with Gasteiger partial charge in [-0.3, -0.25) is 4.79 Å². The average molecular weight is 491 g/mol. The van der Waals surface area contributed by atoms with Gasteiger partial charge >= 0.3 is 6.18 Å². The number of anilines is 1. The quantitative estimate of drug-likeness (QED) is 0.580. The van der Waals surface area contributed by atoms with Crippen molar-refractivity contribution in [2.75, 3.05) is 12.4 Å². The van der Waals surface area contributed by atoms with Gasteiger partial charge in [0.05, 0.1) is 23.4 Å². The second kappa shape index (κ2) is 9.68. The lowest BCUT2D eigenvalue weighted by Gasteiger charge is -2.23. The van der Waals surface area contributed by atoms with Gasteiger partial charge in [-0.05, 0) is 49.2 Å². The van der Waals surface area contributed by atoms with Crippen molar-refractivity contribution in [2.45, 2.75) is 49.2 Å². The van der Waals surface area contributed by atoms with E-state index in [9.17, 15) is 26.4 Å². The highest BCUT2D eigenvalue weighted by molar-refractivity contribution is 7.89. The van der Waals surface area contributed by atoms with Gasteiger partial charge in [0, 0.05) is 11.6 Å². The van der Waals surface area contributed by atoms with E-state index in [0.29, 0.717) is 6.07 Å². The summed E-state index contributed by atoms with van der Waals surface area (Å²) < 4.78 is 72.6. The molecule has 0 saturated heterocycles. The van der Waals surface area contributed by atoms with Gasteiger partial charge in [0.15, 0.2) is 0 Å². The van der Waals surface area contributed by atoms with Crippen molar-refractivity contribution in [3.8, 4) is 5.75 Å². The number of hydrogen-bond acceptors (Lipinski definition) is 4. The standard InChI is InChI=1S/C21H22ClF3N2O4S/c1-31-18-10-7-13(11-19(18)32(29,30)27-15-5-3-2-4-6-15)20(28)26-17-12-14(21(23,24)25)8-9-16(17)22/h7-12,15,27H,2-6H2,1H3,(H,26,28). The predicted octanol–water partition coefficient (Wildman–Crippen LogP) is 5.23. The molecule has 2 N–H and O–H groups in total. The Bertz CT molecular complexity index is 1100. The van der Waals surface area contributed by atoms with Crippen molar-refractivity contribution < 1.29 is 31.1 Å². The maximum absolute atomic E-state index is 13.0. The average Bonchev–Trinajstić information content (AvgIpc) is 2.74. The van der Waals surface area contributed by atoms with Crippen LogP contribution in [0, 0.1) is 0 Å². The molecule has 0 atom stereocenters. The summed E-state index contributed by atoms with van der Waals surface area (Å²) in [5.74, 6) is -0.773. The van der Waals surface area contributed by atoms with E-state index in [1.165, 1.54) is 19.2 Å². The van der Waals surface area contributed by atoms with Crippen LogP contribution in [0.4, 0.5) is 18.9 Å². The van der Waals surface area contributed by atoms with E-state index >= 15 is 0 Å². The maximum Gasteiger partial charge on any atom is 0.416 e. The van der Waals surface area contributed by atoms with Crippen LogP contribution in [0.2, 0.25) is 5.02 Å². The van der Waals surface area contributed by atoms with Gasteiger partial charge in [-0.1, -0.05) is 30.9 Å². The zero-order valence-electron chi connectivity index (χ0n) is 17.1. The smallest absolute Gasteiger partial charge is 0.416 e. The molecule has 3 rings (SSSR count). The van der Waals surface area contributed by atoms with Gasteiger partial charge in [0.1, 0.15) is 10.6 Å². The number of sulfonamides is 1. The molecule has 1 aliphatic carbocycles. The molecule has 1 fully saturated rings. The first kappa shape index (κ1) is 24.3. The summed E-state index contributed by atoms with van der Waals surface area (Å²) in [6.45, 7) is 0. The summed E-state index contributed by atoms with van der Waals surface area (Å²) in [5.41, 5.74) is -1.30. The second-order valence-electron chi connectivity index (χ2n) is 7.47. The third-order valence-electron chi connectivity index (χ3n) is 5.18. The first-order chi connectivity index (χ1) is 15.0. The van der Waals surface area contributed by atoms with Gasteiger partial charge < -0.3 is 10.1 Å². The molecule has 0 heterocycles. The van der Waals surface area contributed by atoms with Crippen molar-refractivity contribution in [1.82, 2.24) is 4.72 Å². The SMILES string of the molecule is COc1ccc(C(=O)Nc2cc(C(F)(F)F)ccc2Cl)cc1S(=O)(=O)NC1CCCCC1. The molecule has 1 aliphatic rings. The Labute approximate surface area is 189 Å². The summed E-state index contributed by atoms with van der Waals surface area (Å²) in [6.07, 6.45) is -0.286. The molecular formula is C21H22ClF3N2O4S. The molecule has 0 spiro atoms. The topological polar surface area (TPSA) is 84.5 Å². The molecule has 0 aliphatic heterocycles. The van der Waals surface area contributed by atoms with Crippen molar-refractivity contribution in [3.63, 3.8) is 0 Å². The molecule has 2 aromatic rings. The molecule has 0 unspecified atom stereocenters. The van der Waals surface area contributed by atoms with Crippen LogP contribution in [0.3, 0.4) is 0 Å². The number of rotatable bonds is 6. The number of carbonyl (C=O) groups is 1. The number of carbonyl (C=O) groups excluding carboxylic acids is 1. The summed E-state index contributed by atoms with van der Waals surface area (Å²) in [6, 6.07) is 6.09. The molecule has 11 heteroatoms. The normalized spacial score (nSPS) is 15.4. The Kier molecular flexibility index (Phi) is 7.36. The van der Waals surface area contributed by atoms with Crippen molar-refractivity contribution in [1.29, 1.82) is 0 Å². The van der Waals surface area contributed by atoms with Gasteiger partial charge in [0.25, 0.3) is 5.91 Å². The Balaban J connectivity index is 1.88. The lowest BCUT2D eigenvalue weighted by atomic mass is 9.96. The minimum Gasteiger partial charge on any atom is -0.495 e. The summed E-state index contributed by atoms with van der Waals surface area (Å²) in [7, 11) is -2.69. The zero-order chi connectivity index (χ0) is 23.5. The lowest BCUT2D eigenvalue weighted by Crippen LogP contribution is -2.36. The maximum atomic E-state index is 13.0. The number of alkyl halides is 3. The molecule has 0 aromatic heterocycles. The number of methoxy groups -OCH3 is 1. The summed E-state index contributed by atoms with van der Waals surface area (Å²) >= 11 is 5.93. The van der Waals surface area contributed by atoms with E-state index in [1.54, 1.807) is 0 Å². The fraction of sp³-hybridized carbons (Fsp3) is 0.381. The predicted molar refractivity (Wildman–Crippen MR) is 115 cm³/mol. The minimum absolute atomic E-state index is 0.0435. The van der Waals surface area contributed by atoms with Gasteiger partial charge in [-0.15, -0.1) is 0 Å². The van der Waals surface area contributed by atoms with Gasteiger partial charge in [0.2, 0.25) is 10.0 Å². The summed E-state index contributed by atoms with van der Waals surface area (Å²) in [4.78, 5) is 12.5. The van der Waals surface area contributed by atoms with E-state index in [-0.39, 0.29) is 33.0 Å². The monoisotopic (exact) mass is 490 g/mol. The van der Waals surface area contributed by atoms with Crippen LogP contribution >= 0.6 is 11.6 Å². The molecule has 0 bridgehead atoms. The van der Waals surface area contributed by atoms with Crippen LogP contribution in [0.25, 0.3) is 0 Å². The fourth-order valence-corrected chi connectivity index (χ4v) is 5.19. The molecular weight excluding hydrogens is 469 g/mol. The highest BCUT2D eigenvalue weighted by Crippen LogP contribution is 2.34. The molecule has 0 radical (unpaired) electrons. The van der Waals surface area contributed by atoms with Crippen LogP contribution in [0.15, 0.2) is 41.3 Å². The Morgan fingerprint density at radius 3 is 2.41 bits per heavy atom. The highest BCUT2D eigenvalue weighted by Gasteiger charge is 2.31. The third kappa shape index (κ3) is 5.73. The first-order valence-electron chi connectivity index (χ1n) is 9.90. The van der Waals surface area contributed by atoms with Crippen molar-refractivity contribution in [3.05, 3.63) is 52.5 Å². The van der Waals surface area contributed by atoms with Crippen molar-refractivity contribution in [2.24, 2.45) is 0 Å². The number of halogens is 4. The van der Waals surface area contributed by atoms with E-state index in [0.717, 1.165) is 50.3 Å². The number of amides is 1. The molecule has 32 heavy (non-hydrogen) atoms. The van der Waals surface area contributed by atoms with E-state index in [1.807, 2.05) is 0 Å². The summed E-state index contributed by atoms with van der Waals surface area (Å²) in [5, 5.41) is 2.22. The van der Waals surface area contributed by atoms with Crippen LogP contribution in [0.5, 0.6) is 5.75 Å². The molecule has 1 amide bonds. The first-order valence-corrected chi connectivity index (χ1v) is 11.8. The molecule has 1 saturated carbocycles. The van der Waals surface area contributed by atoms with Crippen molar-refractivity contribution >= 4 is 33.2 Å². The third-order valence-corrected chi connectivity index (χ3v) is 7.06. The number of hydrogen-bond donors (Lipinski definition) is 2. The molecule has 6 nitrogen and oxygen atoms in total. The fourth-order valence-electron chi connectivity index (χ4n) is 3.52. The van der Waals surface area contributed by atoms with Gasteiger partial charge in [-0.2, -0.15) is 13.2 Å². The van der Waals surface area contributed by atoms with E-state index < -0.39 is 27.7 Å². The number of ether oxygens (including phenoxy) is 1. The van der Waals surface area contributed by atoms with E-state index in [4.69, 9.17) is 16.3 Å². The minimum atomic E-state index is -4.61. The second-order valence-corrected chi connectivity index (χ2v) is 9.56. The van der Waals surface area contributed by atoms with Crippen LogP contribution in [0.1, 0.15) is 48.0 Å². The van der Waals surface area contributed by atoms with Crippen LogP contribution in [-0.2, 0) is 16.2 Å². The van der Waals surface area contributed by atoms with Crippen LogP contribution in [-0.4, -0.2) is 27.5 Å². The van der Waals surface area contributed by atoms with Gasteiger partial charge in [-0.25, -0.2) is 13.1 Å².